The van der Waals surface area contributed by atoms with Crippen LogP contribution in [0.15, 0.2) is 109 Å². The van der Waals surface area contributed by atoms with Crippen molar-refractivity contribution in [3.63, 3.8) is 0 Å². The predicted octanol–water partition coefficient (Wildman–Crippen LogP) is 7.66. The number of carbonyl (C=O) groups excluding carboxylic acids is 2. The molecule has 9 nitrogen and oxygen atoms in total. The van der Waals surface area contributed by atoms with Crippen LogP contribution < -0.4 is 0 Å². The third-order valence-corrected chi connectivity index (χ3v) is 8.97. The fourth-order valence-electron chi connectivity index (χ4n) is 5.13. The maximum absolute atomic E-state index is 12.8. The monoisotopic (exact) mass is 702 g/mol. The van der Waals surface area contributed by atoms with Crippen LogP contribution in [0.4, 0.5) is 0 Å². The lowest BCUT2D eigenvalue weighted by Gasteiger charge is -2.24. The molecule has 0 amide bonds. The van der Waals surface area contributed by atoms with Gasteiger partial charge in [0.05, 0.1) is 27.7 Å². The van der Waals surface area contributed by atoms with Gasteiger partial charge < -0.3 is 18.9 Å². The second-order valence-corrected chi connectivity index (χ2v) is 14.7. The fraction of sp³-hybridized carbons (Fsp3) is 0.350. The number of rotatable bonds is 20. The van der Waals surface area contributed by atoms with E-state index in [1.807, 2.05) is 69.7 Å². The quantitative estimate of drug-likeness (QED) is 0.0569. The summed E-state index contributed by atoms with van der Waals surface area (Å²) < 4.78 is 34.3. The number of phosphoric acid groups is 1. The highest BCUT2D eigenvalue weighted by Gasteiger charge is 2.27. The molecule has 0 spiro atoms. The Hall–Kier alpha value is -4.11. The summed E-state index contributed by atoms with van der Waals surface area (Å²) in [4.78, 5) is 35.6. The summed E-state index contributed by atoms with van der Waals surface area (Å²) >= 11 is 0. The number of aryl methyl sites for hydroxylation is 2. The van der Waals surface area contributed by atoms with Crippen LogP contribution in [0.3, 0.4) is 0 Å². The van der Waals surface area contributed by atoms with Crippen LogP contribution in [0.25, 0.3) is 22.3 Å². The smallest absolute Gasteiger partial charge is 0.462 e. The molecule has 1 unspecified atom stereocenters. The van der Waals surface area contributed by atoms with Crippen molar-refractivity contribution in [1.29, 1.82) is 0 Å². The largest absolute Gasteiger partial charge is 0.472 e. The highest BCUT2D eigenvalue weighted by Crippen LogP contribution is 2.43. The Morgan fingerprint density at radius 1 is 0.640 bits per heavy atom. The summed E-state index contributed by atoms with van der Waals surface area (Å²) in [5, 5.41) is 0. The molecule has 266 valence electrons. The molecule has 0 aliphatic carbocycles. The summed E-state index contributed by atoms with van der Waals surface area (Å²) in [6.45, 7) is -0.295. The van der Waals surface area contributed by atoms with E-state index in [0.29, 0.717) is 36.7 Å². The first kappa shape index (κ1) is 38.7. The van der Waals surface area contributed by atoms with Crippen molar-refractivity contribution >= 4 is 19.8 Å². The van der Waals surface area contributed by atoms with E-state index in [9.17, 15) is 19.0 Å². The average molecular weight is 703 g/mol. The van der Waals surface area contributed by atoms with Crippen molar-refractivity contribution < 1.29 is 42.1 Å². The highest BCUT2D eigenvalue weighted by molar-refractivity contribution is 7.47. The normalized spacial score (nSPS) is 13.3. The lowest BCUT2D eigenvalue weighted by Crippen LogP contribution is -2.37. The van der Waals surface area contributed by atoms with Gasteiger partial charge in [-0.25, -0.2) is 4.57 Å². The zero-order chi connectivity index (χ0) is 35.8. The molecule has 4 aromatic rings. The maximum Gasteiger partial charge on any atom is 0.472 e. The van der Waals surface area contributed by atoms with Gasteiger partial charge >= 0.3 is 19.8 Å². The van der Waals surface area contributed by atoms with Gasteiger partial charge in [-0.2, -0.15) is 0 Å². The Morgan fingerprint density at radius 2 is 1.10 bits per heavy atom. The summed E-state index contributed by atoms with van der Waals surface area (Å²) in [6.07, 6.45) is 1.67. The van der Waals surface area contributed by atoms with Crippen molar-refractivity contribution in [3.8, 4) is 22.3 Å². The molecule has 0 saturated carbocycles. The Morgan fingerprint density at radius 3 is 1.58 bits per heavy atom. The molecule has 50 heavy (non-hydrogen) atoms. The molecular formula is C40H49NO8P+. The number of phosphoric ester groups is 1. The molecule has 10 heteroatoms. The molecule has 4 aromatic carbocycles. The minimum absolute atomic E-state index is 0.00196. The molecule has 0 heterocycles. The minimum atomic E-state index is -4.43. The summed E-state index contributed by atoms with van der Waals surface area (Å²) in [6, 6.07) is 36.6. The van der Waals surface area contributed by atoms with Crippen molar-refractivity contribution in [2.24, 2.45) is 0 Å². The van der Waals surface area contributed by atoms with E-state index in [1.54, 1.807) is 0 Å². The topological polar surface area (TPSA) is 108 Å². The number of ether oxygens (including phenoxy) is 2. The Balaban J connectivity index is 1.24. The van der Waals surface area contributed by atoms with Gasteiger partial charge in [-0.3, -0.25) is 18.6 Å². The van der Waals surface area contributed by atoms with E-state index in [1.165, 1.54) is 0 Å². The van der Waals surface area contributed by atoms with E-state index in [4.69, 9.17) is 18.5 Å². The molecule has 2 atom stereocenters. The van der Waals surface area contributed by atoms with Crippen molar-refractivity contribution in [3.05, 3.63) is 120 Å². The first-order valence-electron chi connectivity index (χ1n) is 17.0. The molecular weight excluding hydrogens is 653 g/mol. The number of carbonyl (C=O) groups is 2. The Labute approximate surface area is 296 Å². The van der Waals surface area contributed by atoms with E-state index >= 15 is 0 Å². The van der Waals surface area contributed by atoms with Gasteiger partial charge in [-0.05, 0) is 59.1 Å². The Kier molecular flexibility index (Phi) is 15.0. The first-order valence-corrected chi connectivity index (χ1v) is 18.5. The summed E-state index contributed by atoms with van der Waals surface area (Å²) in [5.41, 5.74) is 6.71. The van der Waals surface area contributed by atoms with Gasteiger partial charge in [0, 0.05) is 12.8 Å². The van der Waals surface area contributed by atoms with Crippen molar-refractivity contribution in [2.75, 3.05) is 47.5 Å². The van der Waals surface area contributed by atoms with E-state index in [-0.39, 0.29) is 26.1 Å². The molecule has 0 bridgehead atoms. The van der Waals surface area contributed by atoms with E-state index in [0.717, 1.165) is 33.4 Å². The number of likely N-dealkylation sites (N-methyl/N-ethyl adjacent to an activating group) is 1. The van der Waals surface area contributed by atoms with E-state index in [2.05, 4.69) is 60.7 Å². The fourth-order valence-corrected chi connectivity index (χ4v) is 5.87. The number of quaternary nitrogens is 1. The number of hydrogen-bond acceptors (Lipinski definition) is 7. The van der Waals surface area contributed by atoms with Gasteiger partial charge in [0.2, 0.25) is 0 Å². The van der Waals surface area contributed by atoms with Gasteiger partial charge in [-0.1, -0.05) is 109 Å². The van der Waals surface area contributed by atoms with Crippen LogP contribution in [0.2, 0.25) is 0 Å². The number of hydrogen-bond donors (Lipinski definition) is 1. The molecule has 4 rings (SSSR count). The van der Waals surface area contributed by atoms with Crippen LogP contribution in [0, 0.1) is 0 Å². The molecule has 0 radical (unpaired) electrons. The lowest BCUT2D eigenvalue weighted by atomic mass is 10.0. The average Bonchev–Trinajstić information content (AvgIpc) is 3.10. The number of esters is 2. The zero-order valence-corrected chi connectivity index (χ0v) is 30.1. The minimum Gasteiger partial charge on any atom is -0.462 e. The number of nitrogens with zero attached hydrogens (tertiary/aromatic N) is 1. The standard InChI is InChI=1S/C40H48NO8P/c1-41(2,3)28-29-47-50(44,45)48-31-38(49-40(43)19-11-13-33-22-26-37(27-23-33)35-16-8-5-9-17-35)30-46-39(42)18-10-12-32-20-24-36(25-21-32)34-14-6-4-7-15-34/h4-9,14-17,20-27,38H,10-13,18-19,28-31H2,1-3H3/p+1/t38-/m1/s1. The van der Waals surface area contributed by atoms with Crippen molar-refractivity contribution in [2.45, 2.75) is 44.6 Å². The second kappa shape index (κ2) is 19.3. The molecule has 1 N–H and O–H groups in total. The van der Waals surface area contributed by atoms with Crippen LogP contribution in [0.1, 0.15) is 36.8 Å². The Bertz CT molecular complexity index is 1660. The van der Waals surface area contributed by atoms with Crippen LogP contribution in [-0.2, 0) is 45.5 Å². The highest BCUT2D eigenvalue weighted by atomic mass is 31.2. The third-order valence-electron chi connectivity index (χ3n) is 7.98. The van der Waals surface area contributed by atoms with Crippen molar-refractivity contribution in [1.82, 2.24) is 0 Å². The number of benzene rings is 4. The maximum atomic E-state index is 12.8. The third kappa shape index (κ3) is 14.4. The van der Waals surface area contributed by atoms with Crippen LogP contribution >= 0.6 is 7.82 Å². The molecule has 0 saturated heterocycles. The van der Waals surface area contributed by atoms with Crippen LogP contribution in [-0.4, -0.2) is 74.9 Å². The lowest BCUT2D eigenvalue weighted by molar-refractivity contribution is -0.870. The van der Waals surface area contributed by atoms with Gasteiger partial charge in [0.15, 0.2) is 6.10 Å². The molecule has 0 aromatic heterocycles. The summed E-state index contributed by atoms with van der Waals surface area (Å²) in [5.74, 6) is -0.981. The van der Waals surface area contributed by atoms with E-state index < -0.39 is 32.5 Å². The van der Waals surface area contributed by atoms with Crippen LogP contribution in [0.5, 0.6) is 0 Å². The second-order valence-electron chi connectivity index (χ2n) is 13.2. The predicted molar refractivity (Wildman–Crippen MR) is 195 cm³/mol. The molecule has 0 aliphatic rings. The van der Waals surface area contributed by atoms with Gasteiger partial charge in [0.1, 0.15) is 19.8 Å². The zero-order valence-electron chi connectivity index (χ0n) is 29.2. The SMILES string of the molecule is C[N+](C)(C)CCOP(=O)(O)OC[C@@H](COC(=O)CCCc1ccc(-c2ccccc2)cc1)OC(=O)CCCc1ccc(-c2ccccc2)cc1. The molecule has 0 aliphatic heterocycles. The van der Waals surface area contributed by atoms with Gasteiger partial charge in [0.25, 0.3) is 0 Å². The molecule has 0 fully saturated rings. The summed E-state index contributed by atoms with van der Waals surface area (Å²) in [7, 11) is 1.36. The van der Waals surface area contributed by atoms with Gasteiger partial charge in [-0.15, -0.1) is 0 Å². The first-order chi connectivity index (χ1) is 24.0.